The molecule has 0 heterocycles. The molecule has 0 aliphatic heterocycles. The fourth-order valence-electron chi connectivity index (χ4n) is 2.94. The number of nitrogens with one attached hydrogen (secondary N) is 2. The molecule has 0 atom stereocenters. The predicted octanol–water partition coefficient (Wildman–Crippen LogP) is 5.45. The third-order valence-electron chi connectivity index (χ3n) is 4.81. The van der Waals surface area contributed by atoms with Crippen molar-refractivity contribution in [3.8, 4) is 11.5 Å². The fourth-order valence-corrected chi connectivity index (χ4v) is 3.51. The number of halogens is 4. The molecular formula is C25H21BrF3N3O4. The first-order valence-electron chi connectivity index (χ1n) is 10.4. The summed E-state index contributed by atoms with van der Waals surface area (Å²) in [5, 5.41) is 5.95. The largest absolute Gasteiger partial charge is 0.493 e. The number of hydrazone groups is 1. The van der Waals surface area contributed by atoms with Gasteiger partial charge in [0.1, 0.15) is 6.61 Å². The molecule has 36 heavy (non-hydrogen) atoms. The Kier molecular flexibility index (Phi) is 8.70. The normalized spacial score (nSPS) is 11.3. The van der Waals surface area contributed by atoms with Gasteiger partial charge in [-0.25, -0.2) is 5.43 Å². The second-order valence-corrected chi connectivity index (χ2v) is 8.39. The van der Waals surface area contributed by atoms with Crippen LogP contribution in [0.1, 0.15) is 22.3 Å². The van der Waals surface area contributed by atoms with Crippen LogP contribution in [0.5, 0.6) is 11.5 Å². The Labute approximate surface area is 213 Å². The highest BCUT2D eigenvalue weighted by Gasteiger charge is 2.30. The van der Waals surface area contributed by atoms with E-state index in [0.717, 1.165) is 35.4 Å². The van der Waals surface area contributed by atoms with E-state index in [-0.39, 0.29) is 5.69 Å². The number of carbonyl (C=O) groups excluding carboxylic acids is 2. The van der Waals surface area contributed by atoms with Crippen LogP contribution in [0.4, 0.5) is 18.9 Å². The lowest BCUT2D eigenvalue weighted by Crippen LogP contribution is -2.32. The summed E-state index contributed by atoms with van der Waals surface area (Å²) >= 11 is 3.43. The zero-order valence-corrected chi connectivity index (χ0v) is 20.7. The number of benzene rings is 3. The van der Waals surface area contributed by atoms with Crippen molar-refractivity contribution in [3.05, 3.63) is 87.4 Å². The summed E-state index contributed by atoms with van der Waals surface area (Å²) in [5.74, 6) is -1.29. The van der Waals surface area contributed by atoms with Crippen molar-refractivity contribution in [1.82, 2.24) is 5.43 Å². The minimum Gasteiger partial charge on any atom is -0.493 e. The van der Waals surface area contributed by atoms with Gasteiger partial charge in [-0.15, -0.1) is 0 Å². The second-order valence-electron chi connectivity index (χ2n) is 7.54. The Morgan fingerprint density at radius 2 is 1.69 bits per heavy atom. The Bertz CT molecular complexity index is 1260. The highest BCUT2D eigenvalue weighted by molar-refractivity contribution is 9.10. The number of aryl methyl sites for hydroxylation is 1. The van der Waals surface area contributed by atoms with Crippen LogP contribution >= 0.6 is 15.9 Å². The van der Waals surface area contributed by atoms with Gasteiger partial charge >= 0.3 is 18.0 Å². The number of carbonyl (C=O) groups is 2. The molecule has 0 bridgehead atoms. The lowest BCUT2D eigenvalue weighted by molar-refractivity contribution is -0.137. The van der Waals surface area contributed by atoms with Crippen LogP contribution < -0.4 is 20.2 Å². The smallest absolute Gasteiger partial charge is 0.416 e. The van der Waals surface area contributed by atoms with E-state index in [1.54, 1.807) is 12.1 Å². The number of anilines is 1. The van der Waals surface area contributed by atoms with Gasteiger partial charge in [-0.2, -0.15) is 18.3 Å². The van der Waals surface area contributed by atoms with E-state index in [9.17, 15) is 22.8 Å². The number of amides is 2. The molecule has 3 rings (SSSR count). The zero-order chi connectivity index (χ0) is 26.3. The van der Waals surface area contributed by atoms with Gasteiger partial charge in [-0.1, -0.05) is 29.8 Å². The molecule has 3 aromatic rings. The first-order chi connectivity index (χ1) is 17.1. The van der Waals surface area contributed by atoms with E-state index in [1.165, 1.54) is 13.3 Å². The number of alkyl halides is 3. The van der Waals surface area contributed by atoms with Gasteiger partial charge in [0.05, 0.1) is 23.4 Å². The lowest BCUT2D eigenvalue weighted by atomic mass is 10.2. The van der Waals surface area contributed by atoms with Gasteiger partial charge in [0, 0.05) is 5.69 Å². The highest BCUT2D eigenvalue weighted by Crippen LogP contribution is 2.37. The molecule has 0 aromatic heterocycles. The molecule has 0 radical (unpaired) electrons. The zero-order valence-electron chi connectivity index (χ0n) is 19.2. The molecule has 2 amide bonds. The molecule has 188 valence electrons. The van der Waals surface area contributed by atoms with Crippen LogP contribution in [-0.2, 0) is 22.4 Å². The second kappa shape index (κ2) is 11.7. The van der Waals surface area contributed by atoms with Gasteiger partial charge in [0.2, 0.25) is 0 Å². The number of hydrogen-bond donors (Lipinski definition) is 2. The van der Waals surface area contributed by atoms with Gasteiger partial charge in [0.25, 0.3) is 0 Å². The van der Waals surface area contributed by atoms with Crippen LogP contribution in [0.25, 0.3) is 0 Å². The summed E-state index contributed by atoms with van der Waals surface area (Å²) in [7, 11) is 1.48. The molecule has 0 unspecified atom stereocenters. The lowest BCUT2D eigenvalue weighted by Gasteiger charge is -2.13. The minimum atomic E-state index is -4.50. The average Bonchev–Trinajstić information content (AvgIpc) is 2.83. The molecule has 3 aromatic carbocycles. The molecule has 0 saturated carbocycles. The topological polar surface area (TPSA) is 89.0 Å². The number of rotatable bonds is 7. The quantitative estimate of drug-likeness (QED) is 0.227. The Morgan fingerprint density at radius 1 is 1.03 bits per heavy atom. The summed E-state index contributed by atoms with van der Waals surface area (Å²) in [5.41, 5.74) is 3.88. The maximum Gasteiger partial charge on any atom is 0.416 e. The number of nitrogens with zero attached hydrogens (tertiary/aromatic N) is 1. The number of ether oxygens (including phenoxy) is 2. The molecule has 0 fully saturated rings. The van der Waals surface area contributed by atoms with Crippen molar-refractivity contribution in [3.63, 3.8) is 0 Å². The Hall–Kier alpha value is -3.86. The molecule has 0 aliphatic rings. The van der Waals surface area contributed by atoms with Gasteiger partial charge in [-0.3, -0.25) is 9.59 Å². The third kappa shape index (κ3) is 7.32. The molecule has 2 N–H and O–H groups in total. The van der Waals surface area contributed by atoms with Crippen molar-refractivity contribution < 1.29 is 32.2 Å². The molecule has 0 saturated heterocycles. The molecule has 0 spiro atoms. The van der Waals surface area contributed by atoms with Crippen LogP contribution in [-0.4, -0.2) is 25.1 Å². The van der Waals surface area contributed by atoms with E-state index in [2.05, 4.69) is 31.8 Å². The number of methoxy groups -OCH3 is 1. The van der Waals surface area contributed by atoms with Crippen molar-refractivity contribution >= 4 is 39.6 Å². The van der Waals surface area contributed by atoms with Crippen LogP contribution in [0, 0.1) is 6.92 Å². The molecular weight excluding hydrogens is 543 g/mol. The maximum absolute atomic E-state index is 12.6. The Balaban J connectivity index is 1.59. The van der Waals surface area contributed by atoms with E-state index in [4.69, 9.17) is 9.47 Å². The summed E-state index contributed by atoms with van der Waals surface area (Å²) in [4.78, 5) is 24.0. The van der Waals surface area contributed by atoms with E-state index in [1.807, 2.05) is 31.2 Å². The first-order valence-corrected chi connectivity index (χ1v) is 11.2. The van der Waals surface area contributed by atoms with Gasteiger partial charge in [0.15, 0.2) is 11.5 Å². The Morgan fingerprint density at radius 3 is 2.31 bits per heavy atom. The summed E-state index contributed by atoms with van der Waals surface area (Å²) in [6.45, 7) is 2.32. The van der Waals surface area contributed by atoms with Crippen LogP contribution in [0.2, 0.25) is 0 Å². The fraction of sp³-hybridized carbons (Fsp3) is 0.160. The molecule has 11 heteroatoms. The van der Waals surface area contributed by atoms with E-state index in [0.29, 0.717) is 28.1 Å². The van der Waals surface area contributed by atoms with Gasteiger partial charge < -0.3 is 14.8 Å². The minimum absolute atomic E-state index is 0.0297. The summed E-state index contributed by atoms with van der Waals surface area (Å²) in [6, 6.07) is 14.9. The average molecular weight is 564 g/mol. The van der Waals surface area contributed by atoms with Crippen molar-refractivity contribution in [2.24, 2.45) is 5.10 Å². The summed E-state index contributed by atoms with van der Waals surface area (Å²) in [6.07, 6.45) is -3.21. The van der Waals surface area contributed by atoms with Crippen molar-refractivity contribution in [2.75, 3.05) is 12.4 Å². The van der Waals surface area contributed by atoms with E-state index >= 15 is 0 Å². The SMILES string of the molecule is COc1cc(C=NNC(=O)C(=O)Nc2ccc(C(F)(F)F)cc2)cc(Br)c1OCc1ccc(C)cc1. The van der Waals surface area contributed by atoms with Crippen molar-refractivity contribution in [2.45, 2.75) is 19.7 Å². The standard InChI is InChI=1S/C25H21BrF3N3O4/c1-15-3-5-16(6-4-15)14-36-22-20(26)11-17(12-21(22)35-2)13-30-32-24(34)23(33)31-19-9-7-18(8-10-19)25(27,28)29/h3-13H,14H2,1-2H3,(H,31,33)(H,32,34). The van der Waals surface area contributed by atoms with Crippen molar-refractivity contribution in [1.29, 1.82) is 0 Å². The molecule has 7 nitrogen and oxygen atoms in total. The van der Waals surface area contributed by atoms with Crippen LogP contribution in [0.15, 0.2) is 70.2 Å². The molecule has 0 aliphatic carbocycles. The third-order valence-corrected chi connectivity index (χ3v) is 5.40. The van der Waals surface area contributed by atoms with Gasteiger partial charge in [-0.05, 0) is 70.4 Å². The summed E-state index contributed by atoms with van der Waals surface area (Å²) < 4.78 is 49.7. The number of hydrogen-bond acceptors (Lipinski definition) is 5. The predicted molar refractivity (Wildman–Crippen MR) is 132 cm³/mol. The first kappa shape index (κ1) is 26.7. The maximum atomic E-state index is 12.6. The van der Waals surface area contributed by atoms with Crippen LogP contribution in [0.3, 0.4) is 0 Å². The van der Waals surface area contributed by atoms with E-state index < -0.39 is 23.6 Å². The highest BCUT2D eigenvalue weighted by atomic mass is 79.9. The monoisotopic (exact) mass is 563 g/mol.